The molecule has 1 aromatic carbocycles. The van der Waals surface area contributed by atoms with E-state index in [1.807, 2.05) is 31.2 Å². The van der Waals surface area contributed by atoms with Crippen LogP contribution < -0.4 is 16.6 Å². The van der Waals surface area contributed by atoms with Crippen molar-refractivity contribution >= 4 is 17.4 Å². The van der Waals surface area contributed by atoms with Crippen LogP contribution in [0.2, 0.25) is 0 Å². The lowest BCUT2D eigenvalue weighted by Crippen LogP contribution is -2.16. The monoisotopic (exact) mass is 243 g/mol. The molecule has 0 radical (unpaired) electrons. The molecule has 92 valence electrons. The van der Waals surface area contributed by atoms with Crippen LogP contribution in [0.15, 0.2) is 36.7 Å². The third-order valence-corrected chi connectivity index (χ3v) is 2.29. The Morgan fingerprint density at radius 1 is 1.33 bits per heavy atom. The number of rotatable bonds is 3. The van der Waals surface area contributed by atoms with Crippen molar-refractivity contribution in [3.05, 3.63) is 47.9 Å². The van der Waals surface area contributed by atoms with Crippen LogP contribution in [0.3, 0.4) is 0 Å². The van der Waals surface area contributed by atoms with Crippen molar-refractivity contribution in [3.63, 3.8) is 0 Å². The maximum Gasteiger partial charge on any atom is 0.275 e. The molecule has 0 aliphatic heterocycles. The molecule has 2 rings (SSSR count). The molecule has 0 bridgehead atoms. The molecule has 6 heteroatoms. The van der Waals surface area contributed by atoms with Gasteiger partial charge >= 0.3 is 0 Å². The fourth-order valence-corrected chi connectivity index (χ4v) is 1.46. The maximum absolute atomic E-state index is 11.9. The zero-order valence-electron chi connectivity index (χ0n) is 9.84. The summed E-state index contributed by atoms with van der Waals surface area (Å²) in [5.41, 5.74) is 4.32. The number of hydrazine groups is 1. The van der Waals surface area contributed by atoms with E-state index < -0.39 is 0 Å². The van der Waals surface area contributed by atoms with Gasteiger partial charge in [-0.05, 0) is 24.6 Å². The third kappa shape index (κ3) is 2.80. The zero-order chi connectivity index (χ0) is 13.0. The molecule has 0 fully saturated rings. The Morgan fingerprint density at radius 2 is 2.17 bits per heavy atom. The van der Waals surface area contributed by atoms with Crippen molar-refractivity contribution < 1.29 is 4.79 Å². The van der Waals surface area contributed by atoms with Crippen LogP contribution in [0.4, 0.5) is 11.5 Å². The summed E-state index contributed by atoms with van der Waals surface area (Å²) in [5, 5.41) is 2.74. The molecule has 0 spiro atoms. The summed E-state index contributed by atoms with van der Waals surface area (Å²) in [7, 11) is 0. The van der Waals surface area contributed by atoms with E-state index in [-0.39, 0.29) is 11.6 Å². The highest BCUT2D eigenvalue weighted by Crippen LogP contribution is 2.11. The zero-order valence-corrected chi connectivity index (χ0v) is 9.84. The number of nitrogens with one attached hydrogen (secondary N) is 2. The minimum absolute atomic E-state index is 0.201. The summed E-state index contributed by atoms with van der Waals surface area (Å²) in [6.07, 6.45) is 2.81. The first-order chi connectivity index (χ1) is 8.69. The number of aryl methyl sites for hydroxylation is 1. The van der Waals surface area contributed by atoms with Crippen LogP contribution in [0.5, 0.6) is 0 Å². The first kappa shape index (κ1) is 12.0. The lowest BCUT2D eigenvalue weighted by Gasteiger charge is -2.06. The van der Waals surface area contributed by atoms with Crippen LogP contribution >= 0.6 is 0 Å². The average Bonchev–Trinajstić information content (AvgIpc) is 2.39. The molecule has 1 amide bonds. The van der Waals surface area contributed by atoms with Gasteiger partial charge in [-0.25, -0.2) is 10.8 Å². The van der Waals surface area contributed by atoms with Gasteiger partial charge in [-0.15, -0.1) is 0 Å². The SMILES string of the molecule is Cc1cccc(NC(=O)c2cncc(NN)n2)c1. The number of hydrogen-bond donors (Lipinski definition) is 3. The molecule has 0 atom stereocenters. The van der Waals surface area contributed by atoms with Crippen molar-refractivity contribution in [2.75, 3.05) is 10.7 Å². The van der Waals surface area contributed by atoms with E-state index in [9.17, 15) is 4.79 Å². The molecular formula is C12H13N5O. The Labute approximate surface area is 104 Å². The van der Waals surface area contributed by atoms with Gasteiger partial charge in [0.15, 0.2) is 5.82 Å². The molecular weight excluding hydrogens is 230 g/mol. The summed E-state index contributed by atoms with van der Waals surface area (Å²) in [4.78, 5) is 19.8. The quantitative estimate of drug-likeness (QED) is 0.558. The summed E-state index contributed by atoms with van der Waals surface area (Å²) in [6, 6.07) is 7.50. The number of nitrogens with zero attached hydrogens (tertiary/aromatic N) is 2. The number of carbonyl (C=O) groups is 1. The van der Waals surface area contributed by atoms with E-state index in [2.05, 4.69) is 20.7 Å². The normalized spacial score (nSPS) is 9.89. The Bertz CT molecular complexity index is 570. The molecule has 0 aliphatic carbocycles. The lowest BCUT2D eigenvalue weighted by molar-refractivity contribution is 0.102. The molecule has 0 saturated carbocycles. The summed E-state index contributed by atoms with van der Waals surface area (Å²) in [6.45, 7) is 1.95. The van der Waals surface area contributed by atoms with Gasteiger partial charge in [-0.2, -0.15) is 0 Å². The molecule has 1 heterocycles. The number of amides is 1. The molecule has 0 aliphatic rings. The van der Waals surface area contributed by atoms with E-state index in [1.165, 1.54) is 12.4 Å². The first-order valence-electron chi connectivity index (χ1n) is 5.36. The highest BCUT2D eigenvalue weighted by Gasteiger charge is 2.08. The van der Waals surface area contributed by atoms with E-state index >= 15 is 0 Å². The predicted molar refractivity (Wildman–Crippen MR) is 69.0 cm³/mol. The standard InChI is InChI=1S/C12H13N5O/c1-8-3-2-4-9(5-8)15-12(18)10-6-14-7-11(16-10)17-13/h2-7H,13H2,1H3,(H,15,18)(H,16,17). The van der Waals surface area contributed by atoms with Crippen molar-refractivity contribution in [1.82, 2.24) is 9.97 Å². The Kier molecular flexibility index (Phi) is 3.49. The van der Waals surface area contributed by atoms with Gasteiger partial charge in [0.1, 0.15) is 5.69 Å². The molecule has 1 aromatic heterocycles. The van der Waals surface area contributed by atoms with Crippen molar-refractivity contribution in [2.24, 2.45) is 5.84 Å². The van der Waals surface area contributed by atoms with Gasteiger partial charge in [-0.1, -0.05) is 12.1 Å². The summed E-state index contributed by atoms with van der Waals surface area (Å²) >= 11 is 0. The minimum Gasteiger partial charge on any atom is -0.321 e. The van der Waals surface area contributed by atoms with E-state index in [0.717, 1.165) is 5.56 Å². The fraction of sp³-hybridized carbons (Fsp3) is 0.0833. The molecule has 0 saturated heterocycles. The number of benzene rings is 1. The number of nitrogens with two attached hydrogens (primary N) is 1. The van der Waals surface area contributed by atoms with Crippen LogP contribution in [-0.4, -0.2) is 15.9 Å². The second-order valence-corrected chi connectivity index (χ2v) is 3.76. The van der Waals surface area contributed by atoms with Gasteiger partial charge in [-0.3, -0.25) is 9.78 Å². The molecule has 18 heavy (non-hydrogen) atoms. The average molecular weight is 243 g/mol. The van der Waals surface area contributed by atoms with Crippen LogP contribution in [-0.2, 0) is 0 Å². The van der Waals surface area contributed by atoms with Crippen molar-refractivity contribution in [1.29, 1.82) is 0 Å². The second kappa shape index (κ2) is 5.24. The summed E-state index contributed by atoms with van der Waals surface area (Å²) in [5.74, 6) is 5.22. The molecule has 4 N–H and O–H groups in total. The highest BCUT2D eigenvalue weighted by molar-refractivity contribution is 6.02. The number of aromatic nitrogens is 2. The Morgan fingerprint density at radius 3 is 2.89 bits per heavy atom. The van der Waals surface area contributed by atoms with E-state index in [1.54, 1.807) is 0 Å². The highest BCUT2D eigenvalue weighted by atomic mass is 16.1. The van der Waals surface area contributed by atoms with Crippen molar-refractivity contribution in [3.8, 4) is 0 Å². The lowest BCUT2D eigenvalue weighted by atomic mass is 10.2. The fourth-order valence-electron chi connectivity index (χ4n) is 1.46. The Balaban J connectivity index is 2.16. The topological polar surface area (TPSA) is 92.9 Å². The van der Waals surface area contributed by atoms with Crippen LogP contribution in [0.1, 0.15) is 16.1 Å². The van der Waals surface area contributed by atoms with Crippen LogP contribution in [0, 0.1) is 6.92 Å². The van der Waals surface area contributed by atoms with Gasteiger partial charge < -0.3 is 10.7 Å². The molecule has 6 nitrogen and oxygen atoms in total. The second-order valence-electron chi connectivity index (χ2n) is 3.76. The van der Waals surface area contributed by atoms with E-state index in [0.29, 0.717) is 11.5 Å². The molecule has 2 aromatic rings. The van der Waals surface area contributed by atoms with Gasteiger partial charge in [0, 0.05) is 5.69 Å². The van der Waals surface area contributed by atoms with Gasteiger partial charge in [0.2, 0.25) is 0 Å². The van der Waals surface area contributed by atoms with Gasteiger partial charge in [0.25, 0.3) is 5.91 Å². The predicted octanol–water partition coefficient (Wildman–Crippen LogP) is 1.32. The largest absolute Gasteiger partial charge is 0.321 e. The molecule has 0 unspecified atom stereocenters. The number of carbonyl (C=O) groups excluding carboxylic acids is 1. The summed E-state index contributed by atoms with van der Waals surface area (Å²) < 4.78 is 0. The minimum atomic E-state index is -0.329. The Hall–Kier alpha value is -2.47. The number of anilines is 2. The van der Waals surface area contributed by atoms with Gasteiger partial charge in [0.05, 0.1) is 12.4 Å². The smallest absolute Gasteiger partial charge is 0.275 e. The van der Waals surface area contributed by atoms with E-state index in [4.69, 9.17) is 5.84 Å². The number of hydrogen-bond acceptors (Lipinski definition) is 5. The maximum atomic E-state index is 11.9. The third-order valence-electron chi connectivity index (χ3n) is 2.29. The van der Waals surface area contributed by atoms with Crippen molar-refractivity contribution in [2.45, 2.75) is 6.92 Å². The first-order valence-corrected chi connectivity index (χ1v) is 5.36. The van der Waals surface area contributed by atoms with Crippen LogP contribution in [0.25, 0.3) is 0 Å². The number of nitrogen functional groups attached to an aromatic ring is 1.